The molecule has 1 atom stereocenters. The Balaban J connectivity index is 1.99. The van der Waals surface area contributed by atoms with Crippen LogP contribution < -0.4 is 10.1 Å². The van der Waals surface area contributed by atoms with Crippen LogP contribution in [0, 0.1) is 0 Å². The normalized spacial score (nSPS) is 17.0. The summed E-state index contributed by atoms with van der Waals surface area (Å²) in [5.41, 5.74) is 1.35. The second kappa shape index (κ2) is 7.81. The first-order chi connectivity index (χ1) is 10.1. The summed E-state index contributed by atoms with van der Waals surface area (Å²) in [6.45, 7) is 8.36. The van der Waals surface area contributed by atoms with Crippen LogP contribution in [0.5, 0.6) is 5.75 Å². The molecule has 1 fully saturated rings. The maximum absolute atomic E-state index is 5.72. The number of rotatable bonds is 8. The zero-order valence-electron chi connectivity index (χ0n) is 13.9. The van der Waals surface area contributed by atoms with E-state index in [2.05, 4.69) is 62.3 Å². The van der Waals surface area contributed by atoms with E-state index >= 15 is 0 Å². The first-order valence-corrected chi connectivity index (χ1v) is 8.30. The fourth-order valence-electron chi connectivity index (χ4n) is 2.85. The molecule has 0 aliphatic heterocycles. The largest absolute Gasteiger partial charge is 0.491 e. The average Bonchev–Trinajstić information content (AvgIpc) is 2.36. The predicted octanol–water partition coefficient (Wildman–Crippen LogP) is 3.61. The van der Waals surface area contributed by atoms with E-state index in [1.807, 2.05) is 0 Å². The molecule has 0 radical (unpaired) electrons. The zero-order valence-corrected chi connectivity index (χ0v) is 13.9. The second-order valence-electron chi connectivity index (χ2n) is 6.37. The molecule has 1 unspecified atom stereocenters. The van der Waals surface area contributed by atoms with E-state index in [1.165, 1.54) is 24.8 Å². The van der Waals surface area contributed by atoms with Gasteiger partial charge in [0.15, 0.2) is 0 Å². The lowest BCUT2D eigenvalue weighted by Gasteiger charge is -2.37. The van der Waals surface area contributed by atoms with E-state index in [9.17, 15) is 0 Å². The lowest BCUT2D eigenvalue weighted by molar-refractivity contribution is 0.145. The summed E-state index contributed by atoms with van der Waals surface area (Å²) >= 11 is 0. The van der Waals surface area contributed by atoms with Crippen molar-refractivity contribution in [1.82, 2.24) is 10.2 Å². The maximum Gasteiger partial charge on any atom is 0.119 e. The SMILES string of the molecule is CCNC(CN(C)C1CCC1)c1ccc(OC(C)C)cc1. The van der Waals surface area contributed by atoms with E-state index in [0.29, 0.717) is 6.04 Å². The third-order valence-electron chi connectivity index (χ3n) is 4.27. The summed E-state index contributed by atoms with van der Waals surface area (Å²) in [6, 6.07) is 9.74. The first kappa shape index (κ1) is 16.3. The summed E-state index contributed by atoms with van der Waals surface area (Å²) in [7, 11) is 2.25. The van der Waals surface area contributed by atoms with Crippen LogP contribution in [0.25, 0.3) is 0 Å². The van der Waals surface area contributed by atoms with Crippen LogP contribution in [-0.2, 0) is 0 Å². The number of hydrogen-bond acceptors (Lipinski definition) is 3. The molecule has 1 saturated carbocycles. The third-order valence-corrected chi connectivity index (χ3v) is 4.27. The van der Waals surface area contributed by atoms with Gasteiger partial charge in [-0.25, -0.2) is 0 Å². The van der Waals surface area contributed by atoms with Crippen molar-refractivity contribution in [3.05, 3.63) is 29.8 Å². The molecule has 2 rings (SSSR count). The minimum Gasteiger partial charge on any atom is -0.491 e. The van der Waals surface area contributed by atoms with E-state index in [0.717, 1.165) is 24.9 Å². The number of nitrogens with zero attached hydrogens (tertiary/aromatic N) is 1. The van der Waals surface area contributed by atoms with Crippen LogP contribution >= 0.6 is 0 Å². The molecule has 0 spiro atoms. The molecular weight excluding hydrogens is 260 g/mol. The van der Waals surface area contributed by atoms with Gasteiger partial charge in [0, 0.05) is 18.6 Å². The van der Waals surface area contributed by atoms with E-state index < -0.39 is 0 Å². The average molecular weight is 290 g/mol. The summed E-state index contributed by atoms with van der Waals surface area (Å²) in [5, 5.41) is 3.61. The molecule has 0 saturated heterocycles. The number of hydrogen-bond donors (Lipinski definition) is 1. The molecule has 1 aromatic carbocycles. The van der Waals surface area contributed by atoms with Crippen molar-refractivity contribution in [1.29, 1.82) is 0 Å². The fourth-order valence-corrected chi connectivity index (χ4v) is 2.85. The molecule has 21 heavy (non-hydrogen) atoms. The number of ether oxygens (including phenoxy) is 1. The minimum atomic E-state index is 0.227. The van der Waals surface area contributed by atoms with Crippen LogP contribution in [0.2, 0.25) is 0 Å². The monoisotopic (exact) mass is 290 g/mol. The van der Waals surface area contributed by atoms with Crippen LogP contribution in [0.15, 0.2) is 24.3 Å². The van der Waals surface area contributed by atoms with Gasteiger partial charge in [-0.3, -0.25) is 0 Å². The minimum absolute atomic E-state index is 0.227. The van der Waals surface area contributed by atoms with Crippen molar-refractivity contribution < 1.29 is 4.74 Å². The Morgan fingerprint density at radius 2 is 1.90 bits per heavy atom. The molecule has 0 bridgehead atoms. The van der Waals surface area contributed by atoms with Crippen molar-refractivity contribution in [3.63, 3.8) is 0 Å². The highest BCUT2D eigenvalue weighted by atomic mass is 16.5. The van der Waals surface area contributed by atoms with Crippen molar-refractivity contribution >= 4 is 0 Å². The fraction of sp³-hybridized carbons (Fsp3) is 0.667. The van der Waals surface area contributed by atoms with Gasteiger partial charge >= 0.3 is 0 Å². The molecule has 1 aliphatic rings. The Kier molecular flexibility index (Phi) is 6.07. The summed E-state index contributed by atoms with van der Waals surface area (Å²) in [4.78, 5) is 2.51. The van der Waals surface area contributed by atoms with Crippen LogP contribution in [0.4, 0.5) is 0 Å². The standard InChI is InChI=1S/C18H30N2O/c1-5-19-18(13-20(4)16-7-6-8-16)15-9-11-17(12-10-15)21-14(2)3/h9-12,14,16,18-19H,5-8,13H2,1-4H3. The Morgan fingerprint density at radius 3 is 2.38 bits per heavy atom. The van der Waals surface area contributed by atoms with Gasteiger partial charge in [0.1, 0.15) is 5.75 Å². The second-order valence-corrected chi connectivity index (χ2v) is 6.37. The van der Waals surface area contributed by atoms with Gasteiger partial charge in [0.05, 0.1) is 6.10 Å². The summed E-state index contributed by atoms with van der Waals surface area (Å²) in [6.07, 6.45) is 4.33. The smallest absolute Gasteiger partial charge is 0.119 e. The highest BCUT2D eigenvalue weighted by molar-refractivity contribution is 5.29. The van der Waals surface area contributed by atoms with Gasteiger partial charge in [0.2, 0.25) is 0 Å². The predicted molar refractivity (Wildman–Crippen MR) is 88.9 cm³/mol. The van der Waals surface area contributed by atoms with Crippen molar-refractivity contribution in [2.75, 3.05) is 20.1 Å². The van der Waals surface area contributed by atoms with E-state index in [-0.39, 0.29) is 6.10 Å². The number of nitrogens with one attached hydrogen (secondary N) is 1. The zero-order chi connectivity index (χ0) is 15.2. The van der Waals surface area contributed by atoms with Crippen LogP contribution in [-0.4, -0.2) is 37.2 Å². The van der Waals surface area contributed by atoms with Gasteiger partial charge in [-0.2, -0.15) is 0 Å². The molecule has 1 aromatic rings. The van der Waals surface area contributed by atoms with Crippen LogP contribution in [0.3, 0.4) is 0 Å². The highest BCUT2D eigenvalue weighted by Gasteiger charge is 2.24. The van der Waals surface area contributed by atoms with Crippen LogP contribution in [0.1, 0.15) is 51.6 Å². The number of likely N-dealkylation sites (N-methyl/N-ethyl adjacent to an activating group) is 2. The Morgan fingerprint density at radius 1 is 1.24 bits per heavy atom. The molecular formula is C18H30N2O. The maximum atomic E-state index is 5.72. The van der Waals surface area contributed by atoms with E-state index in [1.54, 1.807) is 0 Å². The van der Waals surface area contributed by atoms with Gasteiger partial charge in [0.25, 0.3) is 0 Å². The molecule has 0 aromatic heterocycles. The van der Waals surface area contributed by atoms with Gasteiger partial charge in [-0.1, -0.05) is 25.5 Å². The number of benzene rings is 1. The summed E-state index contributed by atoms with van der Waals surface area (Å²) < 4.78 is 5.72. The molecule has 0 heterocycles. The molecule has 3 nitrogen and oxygen atoms in total. The molecule has 118 valence electrons. The molecule has 1 N–H and O–H groups in total. The van der Waals surface area contributed by atoms with E-state index in [4.69, 9.17) is 4.74 Å². The lowest BCUT2D eigenvalue weighted by Crippen LogP contribution is -2.42. The molecule has 3 heteroatoms. The van der Waals surface area contributed by atoms with Gasteiger partial charge in [-0.05, 0) is 58.0 Å². The summed E-state index contributed by atoms with van der Waals surface area (Å²) in [5.74, 6) is 0.955. The Hall–Kier alpha value is -1.06. The molecule has 1 aliphatic carbocycles. The highest BCUT2D eigenvalue weighted by Crippen LogP contribution is 2.26. The van der Waals surface area contributed by atoms with Crippen molar-refractivity contribution in [2.45, 2.75) is 58.2 Å². The third kappa shape index (κ3) is 4.72. The molecule has 0 amide bonds. The first-order valence-electron chi connectivity index (χ1n) is 8.30. The lowest BCUT2D eigenvalue weighted by atomic mass is 9.91. The quantitative estimate of drug-likeness (QED) is 0.791. The van der Waals surface area contributed by atoms with Crippen molar-refractivity contribution in [3.8, 4) is 5.75 Å². The van der Waals surface area contributed by atoms with Gasteiger partial charge < -0.3 is 15.0 Å². The Bertz CT molecular complexity index is 412. The van der Waals surface area contributed by atoms with Gasteiger partial charge in [-0.15, -0.1) is 0 Å². The topological polar surface area (TPSA) is 24.5 Å². The Labute approximate surface area is 129 Å². The van der Waals surface area contributed by atoms with Crippen molar-refractivity contribution in [2.24, 2.45) is 0 Å².